The van der Waals surface area contributed by atoms with Crippen molar-refractivity contribution >= 4 is 29.5 Å². The van der Waals surface area contributed by atoms with Gasteiger partial charge in [-0.1, -0.05) is 72.8 Å². The topological polar surface area (TPSA) is 169 Å². The van der Waals surface area contributed by atoms with Crippen LogP contribution in [-0.4, -0.2) is 48.3 Å². The molecule has 3 rings (SSSR count). The number of anilines is 1. The summed E-state index contributed by atoms with van der Waals surface area (Å²) in [6, 6.07) is 24.7. The molecule has 39 heavy (non-hydrogen) atoms. The number of amides is 4. The molecule has 10 nitrogen and oxygen atoms in total. The molecular formula is C29H35N7O3. The van der Waals surface area contributed by atoms with Crippen LogP contribution in [0.4, 0.5) is 10.5 Å². The maximum absolute atomic E-state index is 14.4. The van der Waals surface area contributed by atoms with Crippen molar-refractivity contribution in [1.29, 1.82) is 0 Å². The van der Waals surface area contributed by atoms with Crippen LogP contribution in [0.1, 0.15) is 35.4 Å². The molecule has 3 aromatic rings. The molecule has 0 aliphatic carbocycles. The zero-order chi connectivity index (χ0) is 28.2. The Bertz CT molecular complexity index is 1220. The smallest absolute Gasteiger partial charge is 0.318 e. The highest BCUT2D eigenvalue weighted by Crippen LogP contribution is 2.29. The molecule has 4 amide bonds. The number of hydrogen-bond donors (Lipinski definition) is 5. The molecule has 0 saturated heterocycles. The molecule has 0 unspecified atom stereocenters. The van der Waals surface area contributed by atoms with E-state index in [9.17, 15) is 14.4 Å². The predicted molar refractivity (Wildman–Crippen MR) is 153 cm³/mol. The first-order chi connectivity index (χ1) is 18.8. The molecule has 204 valence electrons. The molecule has 0 saturated carbocycles. The number of nitrogens with zero attached hydrogens (tertiary/aromatic N) is 2. The highest BCUT2D eigenvalue weighted by molar-refractivity contribution is 5.92. The van der Waals surface area contributed by atoms with Crippen LogP contribution in [0.2, 0.25) is 0 Å². The number of guanidine groups is 1. The summed E-state index contributed by atoms with van der Waals surface area (Å²) >= 11 is 0. The van der Waals surface area contributed by atoms with Crippen molar-refractivity contribution in [3.05, 3.63) is 102 Å². The summed E-state index contributed by atoms with van der Waals surface area (Å²) in [6.45, 7) is 0.431. The molecule has 8 N–H and O–H groups in total. The molecule has 0 aliphatic rings. The van der Waals surface area contributed by atoms with Gasteiger partial charge in [0.2, 0.25) is 11.8 Å². The number of nitrogens with two attached hydrogens (primary N) is 3. The van der Waals surface area contributed by atoms with Crippen LogP contribution in [0.25, 0.3) is 0 Å². The van der Waals surface area contributed by atoms with Gasteiger partial charge in [-0.15, -0.1) is 0 Å². The van der Waals surface area contributed by atoms with E-state index in [1.165, 1.54) is 11.9 Å². The van der Waals surface area contributed by atoms with E-state index < -0.39 is 17.9 Å². The maximum atomic E-state index is 14.4. The zero-order valence-corrected chi connectivity index (χ0v) is 21.9. The first-order valence-corrected chi connectivity index (χ1v) is 12.6. The predicted octanol–water partition coefficient (Wildman–Crippen LogP) is 2.51. The van der Waals surface area contributed by atoms with Gasteiger partial charge in [-0.3, -0.25) is 14.6 Å². The third kappa shape index (κ3) is 8.32. The van der Waals surface area contributed by atoms with Crippen molar-refractivity contribution in [3.8, 4) is 0 Å². The van der Waals surface area contributed by atoms with Crippen LogP contribution in [0, 0.1) is 0 Å². The number of benzene rings is 3. The van der Waals surface area contributed by atoms with Crippen LogP contribution in [0.5, 0.6) is 0 Å². The molecule has 0 spiro atoms. The van der Waals surface area contributed by atoms with Crippen LogP contribution < -0.4 is 27.8 Å². The monoisotopic (exact) mass is 529 g/mol. The molecular weight excluding hydrogens is 494 g/mol. The summed E-state index contributed by atoms with van der Waals surface area (Å²) in [5, 5.41) is 5.20. The van der Waals surface area contributed by atoms with Crippen molar-refractivity contribution in [3.63, 3.8) is 0 Å². The molecule has 3 aromatic carbocycles. The van der Waals surface area contributed by atoms with Crippen LogP contribution in [-0.2, 0) is 16.1 Å². The second kappa shape index (κ2) is 14.2. The Balaban J connectivity index is 1.99. The van der Waals surface area contributed by atoms with Crippen LogP contribution >= 0.6 is 0 Å². The minimum absolute atomic E-state index is 0.0442. The second-order valence-corrected chi connectivity index (χ2v) is 8.99. The third-order valence-electron chi connectivity index (χ3n) is 6.22. The number of rotatable bonds is 12. The summed E-state index contributed by atoms with van der Waals surface area (Å²) in [7, 11) is 1.53. The van der Waals surface area contributed by atoms with E-state index in [-0.39, 0.29) is 30.9 Å². The lowest BCUT2D eigenvalue weighted by atomic mass is 9.89. The Kier molecular flexibility index (Phi) is 10.4. The molecule has 1 atom stereocenters. The fourth-order valence-corrected chi connectivity index (χ4v) is 4.30. The van der Waals surface area contributed by atoms with E-state index in [1.54, 1.807) is 24.3 Å². The molecule has 0 radical (unpaired) electrons. The quantitative estimate of drug-likeness (QED) is 0.138. The number of nitrogens with one attached hydrogen (secondary N) is 2. The second-order valence-electron chi connectivity index (χ2n) is 8.99. The Morgan fingerprint density at radius 1 is 0.846 bits per heavy atom. The average molecular weight is 530 g/mol. The molecule has 0 bridgehead atoms. The lowest BCUT2D eigenvalue weighted by molar-refractivity contribution is -0.140. The Labute approximate surface area is 228 Å². The number of hydrogen-bond acceptors (Lipinski definition) is 4. The normalized spacial score (nSPS) is 11.3. The van der Waals surface area contributed by atoms with Gasteiger partial charge in [0.05, 0.1) is 5.92 Å². The SMILES string of the molecule is CNC(=O)Nc1ccc(CN(C(=O)C(c2ccccc2)c2ccccc2)[C@H](CCCN=C(N)N)C(N)=O)cc1. The van der Waals surface area contributed by atoms with E-state index in [4.69, 9.17) is 17.2 Å². The van der Waals surface area contributed by atoms with E-state index in [0.717, 1.165) is 16.7 Å². The lowest BCUT2D eigenvalue weighted by Crippen LogP contribution is -2.49. The van der Waals surface area contributed by atoms with Gasteiger partial charge in [0.15, 0.2) is 5.96 Å². The highest BCUT2D eigenvalue weighted by Gasteiger charge is 2.34. The molecule has 0 fully saturated rings. The number of urea groups is 1. The Morgan fingerprint density at radius 2 is 1.41 bits per heavy atom. The molecule has 10 heteroatoms. The van der Waals surface area contributed by atoms with Crippen molar-refractivity contribution in [2.45, 2.75) is 31.3 Å². The minimum Gasteiger partial charge on any atom is -0.370 e. The number of carbonyl (C=O) groups is 3. The van der Waals surface area contributed by atoms with Crippen LogP contribution in [0.15, 0.2) is 89.9 Å². The van der Waals surface area contributed by atoms with Gasteiger partial charge < -0.3 is 32.7 Å². The molecule has 0 aliphatic heterocycles. The van der Waals surface area contributed by atoms with E-state index in [2.05, 4.69) is 15.6 Å². The highest BCUT2D eigenvalue weighted by atomic mass is 16.2. The summed E-state index contributed by atoms with van der Waals surface area (Å²) in [4.78, 5) is 44.3. The van der Waals surface area contributed by atoms with Crippen molar-refractivity contribution in [1.82, 2.24) is 10.2 Å². The fourth-order valence-electron chi connectivity index (χ4n) is 4.30. The summed E-state index contributed by atoms with van der Waals surface area (Å²) in [6.07, 6.45) is 0.732. The van der Waals surface area contributed by atoms with Gasteiger partial charge in [0, 0.05) is 25.8 Å². The fraction of sp³-hybridized carbons (Fsp3) is 0.241. The molecule has 0 aromatic heterocycles. The first-order valence-electron chi connectivity index (χ1n) is 12.6. The van der Waals surface area contributed by atoms with Gasteiger partial charge in [0.1, 0.15) is 6.04 Å². The third-order valence-corrected chi connectivity index (χ3v) is 6.22. The lowest BCUT2D eigenvalue weighted by Gasteiger charge is -2.33. The van der Waals surface area contributed by atoms with Gasteiger partial charge >= 0.3 is 6.03 Å². The largest absolute Gasteiger partial charge is 0.370 e. The number of aliphatic imine (C=N–C) groups is 1. The van der Waals surface area contributed by atoms with Crippen molar-refractivity contribution < 1.29 is 14.4 Å². The van der Waals surface area contributed by atoms with Crippen molar-refractivity contribution in [2.24, 2.45) is 22.2 Å². The van der Waals surface area contributed by atoms with Crippen molar-refractivity contribution in [2.75, 3.05) is 18.9 Å². The summed E-state index contributed by atoms with van der Waals surface area (Å²) in [5.74, 6) is -1.57. The van der Waals surface area contributed by atoms with E-state index in [1.807, 2.05) is 60.7 Å². The minimum atomic E-state index is -0.898. The Hall–Kier alpha value is -4.86. The number of primary amides is 1. The standard InChI is InChI=1S/C29H35N7O3/c1-33-29(39)35-23-16-14-20(15-17-23)19-36(24(26(30)37)13-8-18-34-28(31)32)27(38)25(21-9-4-2-5-10-21)22-11-6-3-7-12-22/h2-7,9-12,14-17,24-25H,8,13,18-19H2,1H3,(H2,30,37)(H4,31,32,34)(H2,33,35,39)/t24-/m1/s1. The molecule has 0 heterocycles. The van der Waals surface area contributed by atoms with Gasteiger partial charge in [-0.05, 0) is 41.7 Å². The summed E-state index contributed by atoms with van der Waals surface area (Å²) in [5.41, 5.74) is 19.7. The van der Waals surface area contributed by atoms with Crippen LogP contribution in [0.3, 0.4) is 0 Å². The summed E-state index contributed by atoms with van der Waals surface area (Å²) < 4.78 is 0. The average Bonchev–Trinajstić information content (AvgIpc) is 2.94. The van der Waals surface area contributed by atoms with Gasteiger partial charge in [-0.25, -0.2) is 4.79 Å². The number of carbonyl (C=O) groups excluding carboxylic acids is 3. The zero-order valence-electron chi connectivity index (χ0n) is 21.9. The van der Waals surface area contributed by atoms with E-state index >= 15 is 0 Å². The first kappa shape index (κ1) is 28.7. The Morgan fingerprint density at radius 3 is 1.90 bits per heavy atom. The van der Waals surface area contributed by atoms with Gasteiger partial charge in [-0.2, -0.15) is 0 Å². The van der Waals surface area contributed by atoms with Gasteiger partial charge in [0.25, 0.3) is 0 Å². The van der Waals surface area contributed by atoms with E-state index in [0.29, 0.717) is 18.7 Å². The maximum Gasteiger partial charge on any atom is 0.318 e.